The van der Waals surface area contributed by atoms with Gasteiger partial charge in [-0.25, -0.2) is 9.37 Å². The van der Waals surface area contributed by atoms with Gasteiger partial charge in [-0.05, 0) is 57.7 Å². The van der Waals surface area contributed by atoms with Crippen molar-refractivity contribution in [3.63, 3.8) is 0 Å². The minimum absolute atomic E-state index is 0.109. The number of hydrogen-bond acceptors (Lipinski definition) is 5. The molecule has 1 aliphatic rings. The van der Waals surface area contributed by atoms with Crippen LogP contribution in [0.5, 0.6) is 0 Å². The van der Waals surface area contributed by atoms with E-state index in [0.29, 0.717) is 18.5 Å². The van der Waals surface area contributed by atoms with Crippen LogP contribution in [0.4, 0.5) is 4.39 Å². The molecule has 7 heteroatoms. The number of nitrogens with zero attached hydrogens (tertiary/aromatic N) is 4. The van der Waals surface area contributed by atoms with E-state index in [4.69, 9.17) is 9.51 Å². The summed E-state index contributed by atoms with van der Waals surface area (Å²) in [7, 11) is 0. The topological polar surface area (TPSA) is 72.1 Å². The number of rotatable bonds is 5. The maximum absolute atomic E-state index is 13.5. The van der Waals surface area contributed by atoms with Crippen LogP contribution in [0, 0.1) is 19.7 Å². The van der Waals surface area contributed by atoms with Crippen molar-refractivity contribution in [2.75, 3.05) is 6.54 Å². The maximum Gasteiger partial charge on any atom is 0.254 e. The van der Waals surface area contributed by atoms with Crippen molar-refractivity contribution in [1.82, 2.24) is 20.0 Å². The first-order valence-corrected chi connectivity index (χ1v) is 9.83. The number of carbonyl (C=O) groups is 1. The molecule has 6 nitrogen and oxygen atoms in total. The molecule has 0 bridgehead atoms. The quantitative estimate of drug-likeness (QED) is 0.651. The summed E-state index contributed by atoms with van der Waals surface area (Å²) >= 11 is 0. The van der Waals surface area contributed by atoms with E-state index in [9.17, 15) is 9.18 Å². The van der Waals surface area contributed by atoms with Gasteiger partial charge in [0.25, 0.3) is 5.91 Å². The first kappa shape index (κ1) is 19.2. The zero-order valence-corrected chi connectivity index (χ0v) is 16.6. The van der Waals surface area contributed by atoms with Crippen molar-refractivity contribution < 1.29 is 13.7 Å². The van der Waals surface area contributed by atoms with Crippen molar-refractivity contribution in [2.24, 2.45) is 0 Å². The Balaban J connectivity index is 1.46. The highest BCUT2D eigenvalue weighted by Gasteiger charge is 2.29. The van der Waals surface area contributed by atoms with Crippen molar-refractivity contribution in [3.05, 3.63) is 65.2 Å². The fourth-order valence-electron chi connectivity index (χ4n) is 4.00. The van der Waals surface area contributed by atoms with Crippen molar-refractivity contribution in [3.8, 4) is 11.3 Å². The molecule has 0 unspecified atom stereocenters. The number of aryl methyl sites for hydroxylation is 3. The molecule has 1 fully saturated rings. The van der Waals surface area contributed by atoms with Gasteiger partial charge in [0, 0.05) is 24.3 Å². The van der Waals surface area contributed by atoms with E-state index in [-0.39, 0.29) is 11.9 Å². The molecule has 3 aromatic rings. The van der Waals surface area contributed by atoms with E-state index in [0.717, 1.165) is 47.7 Å². The third-order valence-corrected chi connectivity index (χ3v) is 5.42. The molecule has 1 aliphatic heterocycles. The zero-order chi connectivity index (χ0) is 20.4. The Labute approximate surface area is 168 Å². The highest BCUT2D eigenvalue weighted by atomic mass is 19.1. The Morgan fingerprint density at radius 2 is 2.17 bits per heavy atom. The van der Waals surface area contributed by atoms with Crippen LogP contribution in [0.25, 0.3) is 11.3 Å². The summed E-state index contributed by atoms with van der Waals surface area (Å²) < 4.78 is 18.7. The largest absolute Gasteiger partial charge is 0.361 e. The molecule has 150 valence electrons. The molecule has 0 spiro atoms. The molecule has 1 saturated heterocycles. The summed E-state index contributed by atoms with van der Waals surface area (Å²) in [6.45, 7) is 4.44. The fourth-order valence-corrected chi connectivity index (χ4v) is 4.00. The molecule has 0 aliphatic carbocycles. The lowest BCUT2D eigenvalue weighted by Crippen LogP contribution is -2.35. The molecule has 1 aromatic carbocycles. The van der Waals surface area contributed by atoms with Crippen LogP contribution in [0.3, 0.4) is 0 Å². The van der Waals surface area contributed by atoms with Gasteiger partial charge >= 0.3 is 0 Å². The first-order chi connectivity index (χ1) is 14.0. The molecule has 1 amide bonds. The number of benzene rings is 1. The second kappa shape index (κ2) is 8.11. The Morgan fingerprint density at radius 3 is 2.93 bits per heavy atom. The molecule has 1 atom stereocenters. The number of aromatic nitrogens is 3. The second-order valence-electron chi connectivity index (χ2n) is 7.44. The van der Waals surface area contributed by atoms with Crippen LogP contribution in [0.15, 0.2) is 41.2 Å². The summed E-state index contributed by atoms with van der Waals surface area (Å²) in [6, 6.07) is 6.01. The third-order valence-electron chi connectivity index (χ3n) is 5.42. The van der Waals surface area contributed by atoms with E-state index in [2.05, 4.69) is 10.1 Å². The van der Waals surface area contributed by atoms with Gasteiger partial charge in [0.15, 0.2) is 0 Å². The molecular formula is C22H23FN4O2. The number of carbonyl (C=O) groups excluding carboxylic acids is 1. The van der Waals surface area contributed by atoms with Crippen molar-refractivity contribution in [2.45, 2.75) is 45.6 Å². The standard InChI is InChI=1S/C22H23FN4O2/c1-14-21(15(2)29-26-14)20-13-24-12-18(25-20)8-9-19-7-4-10-27(19)22(28)16-5-3-6-17(23)11-16/h3,5-6,11-13,19H,4,7-10H2,1-2H3/t19-/m1/s1. The number of amides is 1. The van der Waals surface area contributed by atoms with Gasteiger partial charge in [-0.3, -0.25) is 9.78 Å². The lowest BCUT2D eigenvalue weighted by molar-refractivity contribution is 0.0730. The Bertz CT molecular complexity index is 1010. The van der Waals surface area contributed by atoms with E-state index < -0.39 is 5.82 Å². The minimum atomic E-state index is -0.391. The van der Waals surface area contributed by atoms with Gasteiger partial charge < -0.3 is 9.42 Å². The van der Waals surface area contributed by atoms with Crippen molar-refractivity contribution >= 4 is 5.91 Å². The smallest absolute Gasteiger partial charge is 0.254 e. The summed E-state index contributed by atoms with van der Waals surface area (Å²) in [6.07, 6.45) is 6.87. The van der Waals surface area contributed by atoms with Crippen LogP contribution >= 0.6 is 0 Å². The number of halogens is 1. The predicted octanol–water partition coefficient (Wildman–Crippen LogP) is 4.12. The maximum atomic E-state index is 13.5. The molecule has 0 saturated carbocycles. The number of hydrogen-bond donors (Lipinski definition) is 0. The van der Waals surface area contributed by atoms with Gasteiger partial charge in [0.1, 0.15) is 11.6 Å². The second-order valence-corrected chi connectivity index (χ2v) is 7.44. The van der Waals surface area contributed by atoms with Crippen LogP contribution in [-0.4, -0.2) is 38.5 Å². The normalized spacial score (nSPS) is 16.4. The number of likely N-dealkylation sites (tertiary alicyclic amines) is 1. The predicted molar refractivity (Wildman–Crippen MR) is 106 cm³/mol. The van der Waals surface area contributed by atoms with Crippen LogP contribution in [0.2, 0.25) is 0 Å². The summed E-state index contributed by atoms with van der Waals surface area (Å²) in [5, 5.41) is 3.98. The van der Waals surface area contributed by atoms with E-state index in [1.54, 1.807) is 24.5 Å². The molecule has 2 aromatic heterocycles. The van der Waals surface area contributed by atoms with Crippen LogP contribution < -0.4 is 0 Å². The highest BCUT2D eigenvalue weighted by molar-refractivity contribution is 5.94. The highest BCUT2D eigenvalue weighted by Crippen LogP contribution is 2.26. The van der Waals surface area contributed by atoms with Gasteiger partial charge in [0.2, 0.25) is 0 Å². The van der Waals surface area contributed by atoms with Gasteiger partial charge in [0.05, 0.1) is 28.8 Å². The lowest BCUT2D eigenvalue weighted by atomic mass is 10.1. The summed E-state index contributed by atoms with van der Waals surface area (Å²) in [5.41, 5.74) is 3.68. The average Bonchev–Trinajstić information content (AvgIpc) is 3.32. The summed E-state index contributed by atoms with van der Waals surface area (Å²) in [5.74, 6) is 0.220. The fraction of sp³-hybridized carbons (Fsp3) is 0.364. The lowest BCUT2D eigenvalue weighted by Gasteiger charge is -2.25. The average molecular weight is 394 g/mol. The first-order valence-electron chi connectivity index (χ1n) is 9.83. The molecule has 0 radical (unpaired) electrons. The van der Waals surface area contributed by atoms with Gasteiger partial charge in [-0.1, -0.05) is 11.2 Å². The zero-order valence-electron chi connectivity index (χ0n) is 16.6. The third kappa shape index (κ3) is 4.04. The SMILES string of the molecule is Cc1noc(C)c1-c1cncc(CC[C@H]2CCCN2C(=O)c2cccc(F)c2)n1. The van der Waals surface area contributed by atoms with Crippen LogP contribution in [0.1, 0.15) is 46.8 Å². The molecule has 29 heavy (non-hydrogen) atoms. The van der Waals surface area contributed by atoms with Crippen molar-refractivity contribution in [1.29, 1.82) is 0 Å². The Kier molecular flexibility index (Phi) is 5.38. The Morgan fingerprint density at radius 1 is 1.31 bits per heavy atom. The van der Waals surface area contributed by atoms with E-state index in [1.165, 1.54) is 12.1 Å². The van der Waals surface area contributed by atoms with Gasteiger partial charge in [-0.2, -0.15) is 0 Å². The molecule has 0 N–H and O–H groups in total. The molecule has 3 heterocycles. The van der Waals surface area contributed by atoms with Gasteiger partial charge in [-0.15, -0.1) is 0 Å². The van der Waals surface area contributed by atoms with E-state index in [1.807, 2.05) is 18.7 Å². The van der Waals surface area contributed by atoms with E-state index >= 15 is 0 Å². The summed E-state index contributed by atoms with van der Waals surface area (Å²) in [4.78, 5) is 23.7. The molecular weight excluding hydrogens is 371 g/mol. The van der Waals surface area contributed by atoms with Crippen LogP contribution in [-0.2, 0) is 6.42 Å². The molecule has 4 rings (SSSR count). The Hall–Kier alpha value is -3.09. The minimum Gasteiger partial charge on any atom is -0.361 e. The monoisotopic (exact) mass is 394 g/mol.